The molecule has 0 fully saturated rings. The van der Waals surface area contributed by atoms with E-state index in [9.17, 15) is 0 Å². The number of hydrogen-bond donors (Lipinski definition) is 2. The first kappa shape index (κ1) is 9.61. The molecule has 4 nitrogen and oxygen atoms in total. The van der Waals surface area contributed by atoms with E-state index in [2.05, 4.69) is 30.9 Å². The van der Waals surface area contributed by atoms with Crippen molar-refractivity contribution in [2.75, 3.05) is 0 Å². The number of imidazole rings is 1. The molecule has 74 valence electrons. The summed E-state index contributed by atoms with van der Waals surface area (Å²) in [5.41, 5.74) is 7.55. The van der Waals surface area contributed by atoms with Gasteiger partial charge in [-0.3, -0.25) is 4.98 Å². The second-order valence-corrected chi connectivity index (χ2v) is 4.24. The maximum Gasteiger partial charge on any atom is 0.108 e. The topological polar surface area (TPSA) is 67.6 Å². The summed E-state index contributed by atoms with van der Waals surface area (Å²) in [6.45, 7) is 1.96. The lowest BCUT2D eigenvalue weighted by Gasteiger charge is -1.98. The quantitative estimate of drug-likeness (QED) is 0.856. The van der Waals surface area contributed by atoms with Crippen LogP contribution in [0.3, 0.4) is 0 Å². The third-order valence-corrected chi connectivity index (χ3v) is 2.49. The number of halogens is 1. The molecule has 0 aliphatic carbocycles. The lowest BCUT2D eigenvalue weighted by molar-refractivity contribution is 0.711. The molecule has 2 heterocycles. The van der Waals surface area contributed by atoms with Crippen LogP contribution in [0.1, 0.15) is 12.7 Å². The number of aromatic nitrogens is 3. The Bertz CT molecular complexity index is 449. The number of nitrogens with one attached hydrogen (secondary N) is 1. The molecule has 14 heavy (non-hydrogen) atoms. The molecule has 3 N–H and O–H groups in total. The number of fused-ring (bicyclic) bond motifs is 1. The zero-order chi connectivity index (χ0) is 10.1. The van der Waals surface area contributed by atoms with Crippen molar-refractivity contribution < 1.29 is 0 Å². The van der Waals surface area contributed by atoms with Crippen molar-refractivity contribution in [2.45, 2.75) is 19.4 Å². The van der Waals surface area contributed by atoms with E-state index < -0.39 is 0 Å². The van der Waals surface area contributed by atoms with Crippen LogP contribution in [0.5, 0.6) is 0 Å². The predicted molar refractivity (Wildman–Crippen MR) is 58.9 cm³/mol. The number of hydrogen-bond acceptors (Lipinski definition) is 3. The van der Waals surface area contributed by atoms with Crippen molar-refractivity contribution in [3.63, 3.8) is 0 Å². The van der Waals surface area contributed by atoms with Gasteiger partial charge in [-0.1, -0.05) is 0 Å². The maximum absolute atomic E-state index is 5.70. The van der Waals surface area contributed by atoms with E-state index in [1.807, 2.05) is 6.92 Å². The first-order chi connectivity index (χ1) is 6.66. The van der Waals surface area contributed by atoms with Crippen molar-refractivity contribution >= 4 is 27.0 Å². The van der Waals surface area contributed by atoms with Gasteiger partial charge in [0.2, 0.25) is 0 Å². The minimum absolute atomic E-state index is 0.113. The number of pyridine rings is 1. The molecule has 2 rings (SSSR count). The van der Waals surface area contributed by atoms with Gasteiger partial charge in [-0.05, 0) is 22.9 Å². The Morgan fingerprint density at radius 1 is 1.57 bits per heavy atom. The molecule has 0 aliphatic rings. The van der Waals surface area contributed by atoms with Gasteiger partial charge in [-0.25, -0.2) is 4.98 Å². The van der Waals surface area contributed by atoms with Crippen molar-refractivity contribution in [3.05, 3.63) is 22.7 Å². The second kappa shape index (κ2) is 3.67. The summed E-state index contributed by atoms with van der Waals surface area (Å²) >= 11 is 3.40. The molecule has 2 aromatic rings. The zero-order valence-electron chi connectivity index (χ0n) is 7.79. The molecule has 0 amide bonds. The first-order valence-electron chi connectivity index (χ1n) is 4.40. The fraction of sp³-hybridized carbons (Fsp3) is 0.333. The summed E-state index contributed by atoms with van der Waals surface area (Å²) in [5, 5.41) is 0. The smallest absolute Gasteiger partial charge is 0.108 e. The van der Waals surface area contributed by atoms with Crippen LogP contribution in [0.15, 0.2) is 16.9 Å². The molecule has 0 spiro atoms. The standard InChI is InChI=1S/C9H11BrN4/c1-5(11)2-8-13-7-4-12-3-6(10)9(7)14-8/h3-5H,2,11H2,1H3,(H,13,14). The Morgan fingerprint density at radius 3 is 3.00 bits per heavy atom. The van der Waals surface area contributed by atoms with Gasteiger partial charge in [0.25, 0.3) is 0 Å². The Hall–Kier alpha value is -0.940. The minimum Gasteiger partial charge on any atom is -0.341 e. The number of nitrogens with two attached hydrogens (primary N) is 1. The van der Waals surface area contributed by atoms with Crippen LogP contribution in [0, 0.1) is 0 Å². The first-order valence-corrected chi connectivity index (χ1v) is 5.20. The molecule has 1 unspecified atom stereocenters. The normalized spacial score (nSPS) is 13.4. The number of H-pyrrole nitrogens is 1. The summed E-state index contributed by atoms with van der Waals surface area (Å²) in [7, 11) is 0. The SMILES string of the molecule is CC(N)Cc1nc2c(Br)cncc2[nH]1. The fourth-order valence-corrected chi connectivity index (χ4v) is 1.77. The summed E-state index contributed by atoms with van der Waals surface area (Å²) in [6.07, 6.45) is 4.25. The Kier molecular flexibility index (Phi) is 2.52. The van der Waals surface area contributed by atoms with E-state index in [1.165, 1.54) is 0 Å². The van der Waals surface area contributed by atoms with E-state index in [1.54, 1.807) is 12.4 Å². The van der Waals surface area contributed by atoms with Gasteiger partial charge in [-0.15, -0.1) is 0 Å². The molecule has 1 atom stereocenters. The van der Waals surface area contributed by atoms with Crippen molar-refractivity contribution in [2.24, 2.45) is 5.73 Å². The van der Waals surface area contributed by atoms with E-state index in [0.717, 1.165) is 27.8 Å². The van der Waals surface area contributed by atoms with Gasteiger partial charge >= 0.3 is 0 Å². The maximum atomic E-state index is 5.70. The van der Waals surface area contributed by atoms with Crippen molar-refractivity contribution in [1.29, 1.82) is 0 Å². The van der Waals surface area contributed by atoms with Gasteiger partial charge < -0.3 is 10.7 Å². The van der Waals surface area contributed by atoms with Crippen LogP contribution in [-0.2, 0) is 6.42 Å². The van der Waals surface area contributed by atoms with Gasteiger partial charge in [0, 0.05) is 18.7 Å². The van der Waals surface area contributed by atoms with Crippen LogP contribution in [0.25, 0.3) is 11.0 Å². The molecular weight excluding hydrogens is 244 g/mol. The number of nitrogens with zero attached hydrogens (tertiary/aromatic N) is 2. The predicted octanol–water partition coefficient (Wildman–Crippen LogP) is 1.61. The van der Waals surface area contributed by atoms with Gasteiger partial charge in [-0.2, -0.15) is 0 Å². The van der Waals surface area contributed by atoms with Crippen molar-refractivity contribution in [1.82, 2.24) is 15.0 Å². The average Bonchev–Trinajstić information content (AvgIpc) is 2.47. The highest BCUT2D eigenvalue weighted by molar-refractivity contribution is 9.10. The molecular formula is C9H11BrN4. The average molecular weight is 255 g/mol. The summed E-state index contributed by atoms with van der Waals surface area (Å²) in [4.78, 5) is 11.7. The highest BCUT2D eigenvalue weighted by Gasteiger charge is 2.07. The molecule has 5 heteroatoms. The van der Waals surface area contributed by atoms with Gasteiger partial charge in [0.1, 0.15) is 11.3 Å². The van der Waals surface area contributed by atoms with E-state index >= 15 is 0 Å². The molecule has 0 aromatic carbocycles. The lowest BCUT2D eigenvalue weighted by atomic mass is 10.2. The molecule has 0 bridgehead atoms. The minimum atomic E-state index is 0.113. The lowest BCUT2D eigenvalue weighted by Crippen LogP contribution is -2.18. The second-order valence-electron chi connectivity index (χ2n) is 3.38. The van der Waals surface area contributed by atoms with Gasteiger partial charge in [0.15, 0.2) is 0 Å². The van der Waals surface area contributed by atoms with E-state index in [0.29, 0.717) is 0 Å². The molecule has 2 aromatic heterocycles. The Balaban J connectivity index is 2.46. The monoisotopic (exact) mass is 254 g/mol. The molecule has 0 aliphatic heterocycles. The van der Waals surface area contributed by atoms with Crippen LogP contribution in [0.2, 0.25) is 0 Å². The Morgan fingerprint density at radius 2 is 2.36 bits per heavy atom. The molecule has 0 radical (unpaired) electrons. The number of rotatable bonds is 2. The third-order valence-electron chi connectivity index (χ3n) is 1.91. The largest absolute Gasteiger partial charge is 0.341 e. The fourth-order valence-electron chi connectivity index (χ4n) is 1.35. The van der Waals surface area contributed by atoms with Crippen LogP contribution >= 0.6 is 15.9 Å². The highest BCUT2D eigenvalue weighted by atomic mass is 79.9. The summed E-state index contributed by atoms with van der Waals surface area (Å²) in [6, 6.07) is 0.113. The Labute approximate surface area is 90.1 Å². The zero-order valence-corrected chi connectivity index (χ0v) is 9.37. The number of aromatic amines is 1. The van der Waals surface area contributed by atoms with Gasteiger partial charge in [0.05, 0.1) is 16.2 Å². The molecule has 0 saturated carbocycles. The van der Waals surface area contributed by atoms with E-state index in [-0.39, 0.29) is 6.04 Å². The molecule has 0 saturated heterocycles. The van der Waals surface area contributed by atoms with Crippen LogP contribution < -0.4 is 5.73 Å². The van der Waals surface area contributed by atoms with Crippen LogP contribution in [-0.4, -0.2) is 21.0 Å². The van der Waals surface area contributed by atoms with Crippen LogP contribution in [0.4, 0.5) is 0 Å². The highest BCUT2D eigenvalue weighted by Crippen LogP contribution is 2.20. The summed E-state index contributed by atoms with van der Waals surface area (Å²) in [5.74, 6) is 0.906. The third kappa shape index (κ3) is 1.78. The van der Waals surface area contributed by atoms with Crippen molar-refractivity contribution in [3.8, 4) is 0 Å². The van der Waals surface area contributed by atoms with E-state index in [4.69, 9.17) is 5.73 Å². The summed E-state index contributed by atoms with van der Waals surface area (Å²) < 4.78 is 0.905.